The molecule has 1 aliphatic carbocycles. The third-order valence-electron chi connectivity index (χ3n) is 8.21. The van der Waals surface area contributed by atoms with E-state index in [2.05, 4.69) is 126 Å². The van der Waals surface area contributed by atoms with Crippen molar-refractivity contribution in [3.63, 3.8) is 0 Å². The summed E-state index contributed by atoms with van der Waals surface area (Å²) in [6.45, 7) is 4.69. The van der Waals surface area contributed by atoms with Crippen molar-refractivity contribution in [1.29, 1.82) is 0 Å². The van der Waals surface area contributed by atoms with Gasteiger partial charge in [0.2, 0.25) is 0 Å². The maximum atomic E-state index is 4.97. The van der Waals surface area contributed by atoms with Crippen molar-refractivity contribution in [3.8, 4) is 22.5 Å². The average molecular weight is 476 g/mol. The minimum atomic E-state index is -0.0533. The van der Waals surface area contributed by atoms with E-state index in [9.17, 15) is 0 Å². The summed E-state index contributed by atoms with van der Waals surface area (Å²) >= 11 is 0. The highest BCUT2D eigenvalue weighted by molar-refractivity contribution is 6.16. The van der Waals surface area contributed by atoms with Gasteiger partial charge < -0.3 is 4.57 Å². The summed E-state index contributed by atoms with van der Waals surface area (Å²) in [4.78, 5) is 4.97. The van der Waals surface area contributed by atoms with Crippen molar-refractivity contribution in [2.45, 2.75) is 19.3 Å². The average Bonchev–Trinajstić information content (AvgIpc) is 3.59. The predicted octanol–water partition coefficient (Wildman–Crippen LogP) is 8.43. The molecule has 0 aliphatic heterocycles. The second kappa shape index (κ2) is 7.21. The van der Waals surface area contributed by atoms with Gasteiger partial charge in [-0.15, -0.1) is 0 Å². The number of hydrogen-bond donors (Lipinski definition) is 0. The van der Waals surface area contributed by atoms with Crippen LogP contribution in [0.15, 0.2) is 116 Å². The number of imidazole rings is 1. The van der Waals surface area contributed by atoms with Crippen LogP contribution in [-0.2, 0) is 5.41 Å². The van der Waals surface area contributed by atoms with E-state index in [0.717, 1.165) is 22.4 Å². The molecular formula is C34H25N3. The summed E-state index contributed by atoms with van der Waals surface area (Å²) in [5.41, 5.74) is 12.2. The molecule has 0 saturated carbocycles. The van der Waals surface area contributed by atoms with E-state index in [0.29, 0.717) is 0 Å². The molecular weight excluding hydrogens is 450 g/mol. The van der Waals surface area contributed by atoms with Crippen molar-refractivity contribution >= 4 is 32.8 Å². The van der Waals surface area contributed by atoms with Crippen LogP contribution in [0.4, 0.5) is 0 Å². The molecule has 176 valence electrons. The number of aromatic nitrogens is 3. The lowest BCUT2D eigenvalue weighted by atomic mass is 9.82. The Morgan fingerprint density at radius 1 is 0.622 bits per heavy atom. The van der Waals surface area contributed by atoms with Crippen molar-refractivity contribution in [3.05, 3.63) is 127 Å². The third kappa shape index (κ3) is 2.63. The molecule has 0 radical (unpaired) electrons. The molecule has 37 heavy (non-hydrogen) atoms. The summed E-state index contributed by atoms with van der Waals surface area (Å²) in [7, 11) is 0. The first-order valence-corrected chi connectivity index (χ1v) is 12.8. The summed E-state index contributed by atoms with van der Waals surface area (Å²) < 4.78 is 4.63. The maximum Gasteiger partial charge on any atom is 0.113 e. The maximum absolute atomic E-state index is 4.97. The van der Waals surface area contributed by atoms with E-state index in [1.807, 2.05) is 12.4 Å². The van der Waals surface area contributed by atoms with Gasteiger partial charge in [-0.2, -0.15) is 0 Å². The number of fused-ring (bicyclic) bond motifs is 8. The lowest BCUT2D eigenvalue weighted by molar-refractivity contribution is 0.661. The molecule has 0 amide bonds. The van der Waals surface area contributed by atoms with Crippen molar-refractivity contribution < 1.29 is 0 Å². The topological polar surface area (TPSA) is 22.8 Å². The van der Waals surface area contributed by atoms with Crippen molar-refractivity contribution in [2.24, 2.45) is 0 Å². The molecule has 5 aromatic carbocycles. The van der Waals surface area contributed by atoms with Crippen LogP contribution in [0.2, 0.25) is 0 Å². The van der Waals surface area contributed by atoms with Gasteiger partial charge in [0.15, 0.2) is 0 Å². The fraction of sp³-hybridized carbons (Fsp3) is 0.0882. The second-order valence-corrected chi connectivity index (χ2v) is 10.5. The molecule has 2 aromatic heterocycles. The molecule has 0 fully saturated rings. The molecule has 3 nitrogen and oxygen atoms in total. The highest BCUT2D eigenvalue weighted by Gasteiger charge is 2.37. The molecule has 0 N–H and O–H groups in total. The third-order valence-corrected chi connectivity index (χ3v) is 8.21. The van der Waals surface area contributed by atoms with Gasteiger partial charge in [-0.3, -0.25) is 4.57 Å². The molecule has 0 spiro atoms. The zero-order chi connectivity index (χ0) is 24.7. The lowest BCUT2D eigenvalue weighted by Gasteiger charge is -2.21. The van der Waals surface area contributed by atoms with Gasteiger partial charge in [0, 0.05) is 27.4 Å². The minimum absolute atomic E-state index is 0.0533. The van der Waals surface area contributed by atoms with Gasteiger partial charge >= 0.3 is 0 Å². The first kappa shape index (κ1) is 20.6. The van der Waals surface area contributed by atoms with Crippen LogP contribution < -0.4 is 0 Å². The number of rotatable bonds is 2. The number of para-hydroxylation sites is 3. The van der Waals surface area contributed by atoms with Crippen LogP contribution >= 0.6 is 0 Å². The van der Waals surface area contributed by atoms with Gasteiger partial charge in [-0.05, 0) is 47.0 Å². The van der Waals surface area contributed by atoms with Gasteiger partial charge in [0.25, 0.3) is 0 Å². The van der Waals surface area contributed by atoms with Crippen molar-refractivity contribution in [2.75, 3.05) is 0 Å². The first-order valence-electron chi connectivity index (χ1n) is 12.8. The van der Waals surface area contributed by atoms with E-state index >= 15 is 0 Å². The zero-order valence-electron chi connectivity index (χ0n) is 20.8. The standard InChI is InChI=1S/C34H25N3/c1-34(2)26-15-8-6-14-25(26)31-27(34)20-19-24-23-13-7-9-16-28(23)37(33(24)31)30-18-10-17-29-32(30)35-21-36(29)22-11-4-3-5-12-22/h3-21H,1-2H3. The molecule has 0 unspecified atom stereocenters. The van der Waals surface area contributed by atoms with Gasteiger partial charge in [-0.25, -0.2) is 4.98 Å². The van der Waals surface area contributed by atoms with Gasteiger partial charge in [-0.1, -0.05) is 92.7 Å². The summed E-state index contributed by atoms with van der Waals surface area (Å²) in [5, 5.41) is 2.54. The Balaban J connectivity index is 1.54. The predicted molar refractivity (Wildman–Crippen MR) is 153 cm³/mol. The van der Waals surface area contributed by atoms with Gasteiger partial charge in [0.05, 0.1) is 22.2 Å². The summed E-state index contributed by atoms with van der Waals surface area (Å²) in [6, 6.07) is 39.3. The Labute approximate surface area is 215 Å². The Bertz CT molecular complexity index is 2000. The van der Waals surface area contributed by atoms with Crippen LogP contribution in [0.3, 0.4) is 0 Å². The first-order chi connectivity index (χ1) is 18.1. The monoisotopic (exact) mass is 475 g/mol. The Morgan fingerprint density at radius 3 is 2.27 bits per heavy atom. The Kier molecular flexibility index (Phi) is 4.00. The Hall–Kier alpha value is -4.63. The van der Waals surface area contributed by atoms with Crippen LogP contribution in [0, 0.1) is 0 Å². The smallest absolute Gasteiger partial charge is 0.113 e. The quantitative estimate of drug-likeness (QED) is 0.246. The molecule has 3 heteroatoms. The Morgan fingerprint density at radius 2 is 1.38 bits per heavy atom. The minimum Gasteiger partial charge on any atom is -0.306 e. The SMILES string of the molecule is CC1(C)c2ccccc2-c2c1ccc1c3ccccc3n(-c3cccc4c3ncn4-c3ccccc3)c21. The molecule has 2 heterocycles. The molecule has 7 aromatic rings. The zero-order valence-corrected chi connectivity index (χ0v) is 20.8. The molecule has 1 aliphatic rings. The van der Waals surface area contributed by atoms with Crippen LogP contribution in [0.25, 0.3) is 55.3 Å². The van der Waals surface area contributed by atoms with E-state index in [1.165, 1.54) is 44.1 Å². The van der Waals surface area contributed by atoms with Crippen molar-refractivity contribution in [1.82, 2.24) is 14.1 Å². The second-order valence-electron chi connectivity index (χ2n) is 10.5. The van der Waals surface area contributed by atoms with Crippen LogP contribution in [0.5, 0.6) is 0 Å². The van der Waals surface area contributed by atoms with Gasteiger partial charge in [0.1, 0.15) is 11.8 Å². The highest BCUT2D eigenvalue weighted by atomic mass is 15.1. The fourth-order valence-corrected chi connectivity index (χ4v) is 6.49. The highest BCUT2D eigenvalue weighted by Crippen LogP contribution is 2.52. The molecule has 8 rings (SSSR count). The van der Waals surface area contributed by atoms with E-state index in [4.69, 9.17) is 4.98 Å². The number of benzene rings is 5. The normalized spacial score (nSPS) is 13.9. The molecule has 0 bridgehead atoms. The van der Waals surface area contributed by atoms with E-state index < -0.39 is 0 Å². The summed E-state index contributed by atoms with van der Waals surface area (Å²) in [5.74, 6) is 0. The van der Waals surface area contributed by atoms with Crippen LogP contribution in [-0.4, -0.2) is 14.1 Å². The number of nitrogens with zero attached hydrogens (tertiary/aromatic N) is 3. The van der Waals surface area contributed by atoms with Crippen LogP contribution in [0.1, 0.15) is 25.0 Å². The molecule has 0 saturated heterocycles. The van der Waals surface area contributed by atoms with E-state index in [1.54, 1.807) is 0 Å². The summed E-state index contributed by atoms with van der Waals surface area (Å²) in [6.07, 6.45) is 1.94. The molecule has 0 atom stereocenters. The van der Waals surface area contributed by atoms with E-state index in [-0.39, 0.29) is 5.41 Å². The largest absolute Gasteiger partial charge is 0.306 e. The lowest BCUT2D eigenvalue weighted by Crippen LogP contribution is -2.14. The number of hydrogen-bond acceptors (Lipinski definition) is 1. The fourth-order valence-electron chi connectivity index (χ4n) is 6.49.